The molecule has 3 rings (SSSR count). The van der Waals surface area contributed by atoms with Crippen LogP contribution in [0, 0.1) is 11.7 Å². The summed E-state index contributed by atoms with van der Waals surface area (Å²) in [7, 11) is 0. The van der Waals surface area contributed by atoms with Crippen LogP contribution in [0.4, 0.5) is 4.39 Å². The molecule has 0 aromatic heterocycles. The van der Waals surface area contributed by atoms with Crippen LogP contribution in [-0.4, -0.2) is 0 Å². The Hall–Kier alpha value is -1.08. The predicted molar refractivity (Wildman–Crippen MR) is 88.3 cm³/mol. The van der Waals surface area contributed by atoms with Crippen molar-refractivity contribution in [1.29, 1.82) is 0 Å². The highest BCUT2D eigenvalue weighted by molar-refractivity contribution is 6.21. The smallest absolute Gasteiger partial charge is 0.131 e. The molecular weight excluding hydrogens is 283 g/mol. The first-order valence-corrected chi connectivity index (χ1v) is 8.50. The van der Waals surface area contributed by atoms with Gasteiger partial charge in [-0.15, -0.1) is 11.6 Å². The molecule has 1 fully saturated rings. The number of rotatable bonds is 3. The average molecular weight is 305 g/mol. The summed E-state index contributed by atoms with van der Waals surface area (Å²) in [4.78, 5) is 0. The fourth-order valence-corrected chi connectivity index (χ4v) is 4.02. The fraction of sp³-hybridized carbons (Fsp3) is 0.474. The third kappa shape index (κ3) is 3.40. The molecule has 2 aromatic rings. The van der Waals surface area contributed by atoms with Crippen LogP contribution in [0.15, 0.2) is 36.4 Å². The lowest BCUT2D eigenvalue weighted by atomic mass is 9.91. The van der Waals surface area contributed by atoms with Crippen molar-refractivity contribution in [3.8, 4) is 0 Å². The van der Waals surface area contributed by atoms with E-state index in [0.29, 0.717) is 5.39 Å². The Morgan fingerprint density at radius 1 is 0.952 bits per heavy atom. The normalized spacial score (nSPS) is 18.6. The molecule has 0 amide bonds. The van der Waals surface area contributed by atoms with E-state index in [2.05, 4.69) is 0 Å². The maximum atomic E-state index is 13.9. The minimum atomic E-state index is -0.160. The van der Waals surface area contributed by atoms with E-state index in [1.54, 1.807) is 6.07 Å². The van der Waals surface area contributed by atoms with Gasteiger partial charge in [0.15, 0.2) is 0 Å². The Balaban J connectivity index is 1.84. The molecule has 2 aromatic carbocycles. The van der Waals surface area contributed by atoms with Gasteiger partial charge in [0.05, 0.1) is 5.38 Å². The number of fused-ring (bicyclic) bond motifs is 1. The second kappa shape index (κ2) is 6.79. The summed E-state index contributed by atoms with van der Waals surface area (Å²) in [5.41, 5.74) is 1.08. The zero-order valence-electron chi connectivity index (χ0n) is 12.3. The first kappa shape index (κ1) is 14.8. The maximum Gasteiger partial charge on any atom is 0.131 e. The van der Waals surface area contributed by atoms with E-state index in [4.69, 9.17) is 11.6 Å². The van der Waals surface area contributed by atoms with Crippen LogP contribution in [0.2, 0.25) is 0 Å². The van der Waals surface area contributed by atoms with E-state index < -0.39 is 0 Å². The van der Waals surface area contributed by atoms with E-state index in [9.17, 15) is 4.39 Å². The van der Waals surface area contributed by atoms with Crippen LogP contribution in [-0.2, 0) is 0 Å². The number of halogens is 2. The van der Waals surface area contributed by atoms with Gasteiger partial charge >= 0.3 is 0 Å². The topological polar surface area (TPSA) is 0 Å². The summed E-state index contributed by atoms with van der Waals surface area (Å²) in [5, 5.41) is 1.63. The molecule has 0 nitrogen and oxygen atoms in total. The van der Waals surface area contributed by atoms with Gasteiger partial charge in [-0.3, -0.25) is 0 Å². The molecule has 1 unspecified atom stereocenters. The largest absolute Gasteiger partial charge is 0.206 e. The van der Waals surface area contributed by atoms with E-state index in [0.717, 1.165) is 23.3 Å². The third-order valence-electron chi connectivity index (χ3n) is 4.76. The molecule has 0 spiro atoms. The molecule has 1 atom stereocenters. The Morgan fingerprint density at radius 2 is 1.62 bits per heavy atom. The molecular formula is C19H22ClF. The Labute approximate surface area is 131 Å². The molecule has 0 radical (unpaired) electrons. The standard InChI is InChI=1S/C19H22ClF/c20-18(13-14-7-3-1-2-4-8-14)16-11-12-19(21)17-10-6-5-9-15(16)17/h5-6,9-12,14,18H,1-4,7-8,13H2. The maximum absolute atomic E-state index is 13.9. The molecule has 2 heteroatoms. The van der Waals surface area contributed by atoms with Crippen LogP contribution in [0.5, 0.6) is 0 Å². The van der Waals surface area contributed by atoms with E-state index in [-0.39, 0.29) is 11.2 Å². The summed E-state index contributed by atoms with van der Waals surface area (Å²) in [6, 6.07) is 11.1. The van der Waals surface area contributed by atoms with Crippen molar-refractivity contribution in [1.82, 2.24) is 0 Å². The molecule has 1 saturated carbocycles. The average Bonchev–Trinajstić information content (AvgIpc) is 2.76. The minimum Gasteiger partial charge on any atom is -0.206 e. The van der Waals surface area contributed by atoms with Crippen LogP contribution in [0.25, 0.3) is 10.8 Å². The van der Waals surface area contributed by atoms with Crippen LogP contribution in [0.3, 0.4) is 0 Å². The third-order valence-corrected chi connectivity index (χ3v) is 5.17. The summed E-state index contributed by atoms with van der Waals surface area (Å²) in [6.45, 7) is 0. The summed E-state index contributed by atoms with van der Waals surface area (Å²) in [6.07, 6.45) is 8.99. The first-order chi connectivity index (χ1) is 10.3. The summed E-state index contributed by atoms with van der Waals surface area (Å²) >= 11 is 6.70. The lowest BCUT2D eigenvalue weighted by Crippen LogP contribution is -2.04. The predicted octanol–water partition coefficient (Wildman–Crippen LogP) is 6.62. The van der Waals surface area contributed by atoms with Crippen molar-refractivity contribution >= 4 is 22.4 Å². The monoisotopic (exact) mass is 304 g/mol. The number of benzene rings is 2. The van der Waals surface area contributed by atoms with Gasteiger partial charge in [-0.25, -0.2) is 4.39 Å². The lowest BCUT2D eigenvalue weighted by Gasteiger charge is -2.19. The number of hydrogen-bond acceptors (Lipinski definition) is 0. The molecule has 21 heavy (non-hydrogen) atoms. The Kier molecular flexibility index (Phi) is 4.80. The fourth-order valence-electron chi connectivity index (χ4n) is 3.58. The molecule has 112 valence electrons. The molecule has 0 heterocycles. The van der Waals surface area contributed by atoms with E-state index in [1.165, 1.54) is 38.5 Å². The molecule has 0 N–H and O–H groups in total. The van der Waals surface area contributed by atoms with E-state index in [1.807, 2.05) is 30.3 Å². The van der Waals surface area contributed by atoms with Gasteiger partial charge in [-0.1, -0.05) is 68.9 Å². The van der Waals surface area contributed by atoms with Crippen molar-refractivity contribution in [2.75, 3.05) is 0 Å². The quantitative estimate of drug-likeness (QED) is 0.441. The summed E-state index contributed by atoms with van der Waals surface area (Å²) in [5.74, 6) is 0.562. The van der Waals surface area contributed by atoms with Crippen molar-refractivity contribution in [2.45, 2.75) is 50.3 Å². The van der Waals surface area contributed by atoms with Crippen molar-refractivity contribution in [3.63, 3.8) is 0 Å². The molecule has 0 bridgehead atoms. The second-order valence-electron chi connectivity index (χ2n) is 6.24. The van der Waals surface area contributed by atoms with Crippen molar-refractivity contribution in [3.05, 3.63) is 47.8 Å². The Morgan fingerprint density at radius 3 is 2.33 bits per heavy atom. The molecule has 0 aliphatic heterocycles. The zero-order valence-corrected chi connectivity index (χ0v) is 13.1. The van der Waals surface area contributed by atoms with Gasteiger partial charge in [-0.2, -0.15) is 0 Å². The Bertz CT molecular complexity index is 600. The molecule has 1 aliphatic rings. The lowest BCUT2D eigenvalue weighted by molar-refractivity contribution is 0.423. The van der Waals surface area contributed by atoms with Gasteiger partial charge in [-0.05, 0) is 29.4 Å². The van der Waals surface area contributed by atoms with Gasteiger partial charge < -0.3 is 0 Å². The van der Waals surface area contributed by atoms with Crippen LogP contribution in [0.1, 0.15) is 55.9 Å². The SMILES string of the molecule is Fc1ccc(C(Cl)CC2CCCCCC2)c2ccccc12. The van der Waals surface area contributed by atoms with Crippen molar-refractivity contribution in [2.24, 2.45) is 5.92 Å². The highest BCUT2D eigenvalue weighted by atomic mass is 35.5. The van der Waals surface area contributed by atoms with E-state index >= 15 is 0 Å². The zero-order chi connectivity index (χ0) is 14.7. The number of hydrogen-bond donors (Lipinski definition) is 0. The van der Waals surface area contributed by atoms with Gasteiger partial charge in [0.1, 0.15) is 5.82 Å². The van der Waals surface area contributed by atoms with Crippen LogP contribution >= 0.6 is 11.6 Å². The number of alkyl halides is 1. The van der Waals surface area contributed by atoms with Gasteiger partial charge in [0.25, 0.3) is 0 Å². The first-order valence-electron chi connectivity index (χ1n) is 8.07. The highest BCUT2D eigenvalue weighted by Gasteiger charge is 2.19. The van der Waals surface area contributed by atoms with Gasteiger partial charge in [0.2, 0.25) is 0 Å². The van der Waals surface area contributed by atoms with Crippen molar-refractivity contribution < 1.29 is 4.39 Å². The van der Waals surface area contributed by atoms with Gasteiger partial charge in [0, 0.05) is 5.39 Å². The minimum absolute atomic E-state index is 0.0152. The second-order valence-corrected chi connectivity index (χ2v) is 6.77. The highest BCUT2D eigenvalue weighted by Crippen LogP contribution is 2.37. The molecule has 0 saturated heterocycles. The summed E-state index contributed by atoms with van der Waals surface area (Å²) < 4.78 is 13.9. The van der Waals surface area contributed by atoms with Crippen LogP contribution < -0.4 is 0 Å². The molecule has 1 aliphatic carbocycles.